The van der Waals surface area contributed by atoms with Gasteiger partial charge < -0.3 is 5.32 Å². The summed E-state index contributed by atoms with van der Waals surface area (Å²) in [4.78, 5) is 2.39. The highest BCUT2D eigenvalue weighted by molar-refractivity contribution is 4.93. The lowest BCUT2D eigenvalue weighted by atomic mass is 10.1. The van der Waals surface area contributed by atoms with Crippen LogP contribution in [0.4, 0.5) is 0 Å². The predicted octanol–water partition coefficient (Wildman–Crippen LogP) is 1.08. The van der Waals surface area contributed by atoms with Gasteiger partial charge in [0.1, 0.15) is 0 Å². The van der Waals surface area contributed by atoms with Gasteiger partial charge in [-0.15, -0.1) is 6.42 Å². The number of rotatable bonds is 3. The molecule has 0 aliphatic carbocycles. The van der Waals surface area contributed by atoms with Crippen LogP contribution in [0.5, 0.6) is 0 Å². The van der Waals surface area contributed by atoms with E-state index in [2.05, 4.69) is 30.0 Å². The number of nitrogens with zero attached hydrogens (tertiary/aromatic N) is 1. The SMILES string of the molecule is C#CCN1CC(CCC)NCC1C. The molecule has 2 nitrogen and oxygen atoms in total. The fourth-order valence-corrected chi connectivity index (χ4v) is 1.87. The molecule has 1 rings (SSSR count). The van der Waals surface area contributed by atoms with Crippen LogP contribution < -0.4 is 5.32 Å². The van der Waals surface area contributed by atoms with Crippen molar-refractivity contribution in [3.63, 3.8) is 0 Å². The summed E-state index contributed by atoms with van der Waals surface area (Å²) in [5, 5.41) is 3.55. The number of hydrogen-bond acceptors (Lipinski definition) is 2. The zero-order chi connectivity index (χ0) is 9.68. The summed E-state index contributed by atoms with van der Waals surface area (Å²) < 4.78 is 0. The molecule has 0 radical (unpaired) electrons. The van der Waals surface area contributed by atoms with E-state index in [-0.39, 0.29) is 0 Å². The molecule has 1 heterocycles. The molecule has 1 saturated heterocycles. The molecule has 1 N–H and O–H groups in total. The topological polar surface area (TPSA) is 15.3 Å². The molecule has 2 unspecified atom stereocenters. The van der Waals surface area contributed by atoms with Crippen LogP contribution in [0.15, 0.2) is 0 Å². The summed E-state index contributed by atoms with van der Waals surface area (Å²) >= 11 is 0. The normalized spacial score (nSPS) is 29.9. The Hall–Kier alpha value is -0.520. The van der Waals surface area contributed by atoms with Crippen molar-refractivity contribution in [3.8, 4) is 12.3 Å². The van der Waals surface area contributed by atoms with Crippen molar-refractivity contribution < 1.29 is 0 Å². The van der Waals surface area contributed by atoms with Crippen LogP contribution in [0.2, 0.25) is 0 Å². The number of hydrogen-bond donors (Lipinski definition) is 1. The lowest BCUT2D eigenvalue weighted by molar-refractivity contribution is 0.154. The van der Waals surface area contributed by atoms with E-state index in [9.17, 15) is 0 Å². The average molecular weight is 180 g/mol. The first kappa shape index (κ1) is 10.6. The summed E-state index contributed by atoms with van der Waals surface area (Å²) in [5.41, 5.74) is 0. The second-order valence-electron chi connectivity index (χ2n) is 3.88. The molecule has 2 atom stereocenters. The zero-order valence-electron chi connectivity index (χ0n) is 8.71. The Morgan fingerprint density at radius 1 is 1.62 bits per heavy atom. The van der Waals surface area contributed by atoms with Crippen LogP contribution in [0, 0.1) is 12.3 Å². The van der Waals surface area contributed by atoms with Gasteiger partial charge >= 0.3 is 0 Å². The maximum absolute atomic E-state index is 5.33. The highest BCUT2D eigenvalue weighted by Gasteiger charge is 2.22. The fourth-order valence-electron chi connectivity index (χ4n) is 1.87. The Balaban J connectivity index is 2.39. The first-order chi connectivity index (χ1) is 6.27. The van der Waals surface area contributed by atoms with Crippen LogP contribution >= 0.6 is 0 Å². The third-order valence-electron chi connectivity index (χ3n) is 2.71. The summed E-state index contributed by atoms with van der Waals surface area (Å²) in [6.45, 7) is 7.44. The summed E-state index contributed by atoms with van der Waals surface area (Å²) in [6, 6.07) is 1.23. The molecule has 74 valence electrons. The molecule has 1 aliphatic heterocycles. The van der Waals surface area contributed by atoms with Crippen LogP contribution in [-0.2, 0) is 0 Å². The second-order valence-corrected chi connectivity index (χ2v) is 3.88. The monoisotopic (exact) mass is 180 g/mol. The van der Waals surface area contributed by atoms with Gasteiger partial charge in [-0.25, -0.2) is 0 Å². The van der Waals surface area contributed by atoms with Gasteiger partial charge in [-0.1, -0.05) is 19.3 Å². The smallest absolute Gasteiger partial charge is 0.0602 e. The minimum absolute atomic E-state index is 0.587. The van der Waals surface area contributed by atoms with Crippen molar-refractivity contribution >= 4 is 0 Å². The third kappa shape index (κ3) is 3.02. The Kier molecular flexibility index (Phi) is 4.27. The maximum atomic E-state index is 5.33. The molecular formula is C11H20N2. The molecule has 0 saturated carbocycles. The zero-order valence-corrected chi connectivity index (χ0v) is 8.71. The van der Waals surface area contributed by atoms with Crippen LogP contribution in [-0.4, -0.2) is 36.6 Å². The van der Waals surface area contributed by atoms with Crippen LogP contribution in [0.3, 0.4) is 0 Å². The largest absolute Gasteiger partial charge is 0.311 e. The quantitative estimate of drug-likeness (QED) is 0.654. The Morgan fingerprint density at radius 2 is 2.38 bits per heavy atom. The van der Waals surface area contributed by atoms with Crippen LogP contribution in [0.25, 0.3) is 0 Å². The lowest BCUT2D eigenvalue weighted by Gasteiger charge is -2.37. The van der Waals surface area contributed by atoms with Crippen molar-refractivity contribution in [2.24, 2.45) is 0 Å². The maximum Gasteiger partial charge on any atom is 0.0602 e. The van der Waals surface area contributed by atoms with Crippen molar-refractivity contribution in [2.45, 2.75) is 38.8 Å². The van der Waals surface area contributed by atoms with Gasteiger partial charge in [0.05, 0.1) is 6.54 Å². The van der Waals surface area contributed by atoms with Gasteiger partial charge in [-0.2, -0.15) is 0 Å². The molecule has 0 amide bonds. The molecule has 0 bridgehead atoms. The van der Waals surface area contributed by atoms with E-state index in [0.717, 1.165) is 19.6 Å². The second kappa shape index (κ2) is 5.26. The van der Waals surface area contributed by atoms with Gasteiger partial charge in [0, 0.05) is 25.2 Å². The summed E-state index contributed by atoms with van der Waals surface area (Å²) in [5.74, 6) is 2.73. The number of piperazine rings is 1. The predicted molar refractivity (Wildman–Crippen MR) is 56.6 cm³/mol. The molecular weight excluding hydrogens is 160 g/mol. The fraction of sp³-hybridized carbons (Fsp3) is 0.818. The molecule has 0 aromatic rings. The van der Waals surface area contributed by atoms with Crippen molar-refractivity contribution in [1.29, 1.82) is 0 Å². The van der Waals surface area contributed by atoms with E-state index in [1.807, 2.05) is 0 Å². The van der Waals surface area contributed by atoms with Gasteiger partial charge in [0.2, 0.25) is 0 Å². The Morgan fingerprint density at radius 3 is 3.00 bits per heavy atom. The van der Waals surface area contributed by atoms with E-state index in [1.54, 1.807) is 0 Å². The molecule has 2 heteroatoms. The highest BCUT2D eigenvalue weighted by Crippen LogP contribution is 2.09. The first-order valence-electron chi connectivity index (χ1n) is 5.18. The van der Waals surface area contributed by atoms with Crippen molar-refractivity contribution in [2.75, 3.05) is 19.6 Å². The van der Waals surface area contributed by atoms with Crippen molar-refractivity contribution in [3.05, 3.63) is 0 Å². The highest BCUT2D eigenvalue weighted by atomic mass is 15.2. The van der Waals surface area contributed by atoms with Gasteiger partial charge in [-0.05, 0) is 13.3 Å². The molecule has 1 fully saturated rings. The van der Waals surface area contributed by atoms with E-state index in [0.29, 0.717) is 12.1 Å². The molecule has 0 spiro atoms. The van der Waals surface area contributed by atoms with Gasteiger partial charge in [0.15, 0.2) is 0 Å². The van der Waals surface area contributed by atoms with Gasteiger partial charge in [0.25, 0.3) is 0 Å². The Labute approximate surface area is 81.7 Å². The van der Waals surface area contributed by atoms with E-state index in [4.69, 9.17) is 6.42 Å². The molecule has 0 aromatic carbocycles. The number of nitrogens with one attached hydrogen (secondary N) is 1. The standard InChI is InChI=1S/C11H20N2/c1-4-6-11-9-13(7-5-2)10(3)8-12-11/h2,10-12H,4,6-9H2,1,3H3. The van der Waals surface area contributed by atoms with E-state index >= 15 is 0 Å². The summed E-state index contributed by atoms with van der Waals surface area (Å²) in [7, 11) is 0. The van der Waals surface area contributed by atoms with Gasteiger partial charge in [-0.3, -0.25) is 4.90 Å². The van der Waals surface area contributed by atoms with Crippen LogP contribution in [0.1, 0.15) is 26.7 Å². The van der Waals surface area contributed by atoms with E-state index < -0.39 is 0 Å². The molecule has 13 heavy (non-hydrogen) atoms. The molecule has 0 aromatic heterocycles. The summed E-state index contributed by atoms with van der Waals surface area (Å²) in [6.07, 6.45) is 7.83. The minimum Gasteiger partial charge on any atom is -0.311 e. The third-order valence-corrected chi connectivity index (χ3v) is 2.71. The average Bonchev–Trinajstić information content (AvgIpc) is 2.12. The first-order valence-corrected chi connectivity index (χ1v) is 5.18. The minimum atomic E-state index is 0.587. The Bertz CT molecular complexity index is 183. The molecule has 1 aliphatic rings. The number of terminal acetylenes is 1. The van der Waals surface area contributed by atoms with E-state index in [1.165, 1.54) is 12.8 Å². The lowest BCUT2D eigenvalue weighted by Crippen LogP contribution is -2.55. The van der Waals surface area contributed by atoms with Crippen molar-refractivity contribution in [1.82, 2.24) is 10.2 Å².